The zero-order valence-corrected chi connectivity index (χ0v) is 9.73. The average molecular weight is 217 g/mol. The Labute approximate surface area is 95.3 Å². The molecule has 0 bridgehead atoms. The number of nitrogens with one attached hydrogen (secondary N) is 1. The molecule has 2 aromatic rings. The number of para-hydroxylation sites is 1. The van der Waals surface area contributed by atoms with Crippen LogP contribution in [0.1, 0.15) is 10.4 Å². The highest BCUT2D eigenvalue weighted by Gasteiger charge is 2.07. The van der Waals surface area contributed by atoms with Gasteiger partial charge in [-0.05, 0) is 6.07 Å². The Kier molecular flexibility index (Phi) is 3.06. The van der Waals surface area contributed by atoms with Gasteiger partial charge < -0.3 is 9.47 Å². The molecule has 0 saturated carbocycles. The molecule has 84 valence electrons. The summed E-state index contributed by atoms with van der Waals surface area (Å²) >= 11 is 0. The van der Waals surface area contributed by atoms with Crippen molar-refractivity contribution < 1.29 is 9.69 Å². The quantitative estimate of drug-likeness (QED) is 0.746. The number of aldehydes is 1. The minimum atomic E-state index is 0.782. The maximum absolute atomic E-state index is 11.0. The van der Waals surface area contributed by atoms with Gasteiger partial charge >= 0.3 is 0 Å². The molecule has 3 heteroatoms. The lowest BCUT2D eigenvalue weighted by Gasteiger charge is -2.08. The first kappa shape index (κ1) is 10.9. The normalized spacial score (nSPS) is 11.2. The lowest BCUT2D eigenvalue weighted by molar-refractivity contribution is -0.858. The molecule has 0 atom stereocenters. The van der Waals surface area contributed by atoms with Crippen molar-refractivity contribution in [1.82, 2.24) is 4.57 Å². The smallest absolute Gasteiger partial charge is 0.152 e. The van der Waals surface area contributed by atoms with Crippen molar-refractivity contribution in [3.63, 3.8) is 0 Å². The van der Waals surface area contributed by atoms with Crippen molar-refractivity contribution in [3.8, 4) is 0 Å². The van der Waals surface area contributed by atoms with Gasteiger partial charge in [-0.1, -0.05) is 18.2 Å². The van der Waals surface area contributed by atoms with E-state index < -0.39 is 0 Å². The summed E-state index contributed by atoms with van der Waals surface area (Å²) in [7, 11) is 4.26. The fourth-order valence-corrected chi connectivity index (χ4v) is 1.90. The van der Waals surface area contributed by atoms with Gasteiger partial charge in [0.2, 0.25) is 0 Å². The predicted molar refractivity (Wildman–Crippen MR) is 65.0 cm³/mol. The van der Waals surface area contributed by atoms with Crippen LogP contribution in [0.5, 0.6) is 0 Å². The second kappa shape index (κ2) is 4.49. The van der Waals surface area contributed by atoms with Gasteiger partial charge in [-0.2, -0.15) is 0 Å². The van der Waals surface area contributed by atoms with Crippen LogP contribution in [0.2, 0.25) is 0 Å². The summed E-state index contributed by atoms with van der Waals surface area (Å²) in [4.78, 5) is 12.4. The third-order valence-corrected chi connectivity index (χ3v) is 2.80. The number of carbonyl (C=O) groups is 1. The number of nitrogens with zero attached hydrogens (tertiary/aromatic N) is 1. The molecule has 2 rings (SSSR count). The van der Waals surface area contributed by atoms with Gasteiger partial charge in [0.05, 0.1) is 27.2 Å². The molecular formula is C13H17N2O+. The van der Waals surface area contributed by atoms with Gasteiger partial charge in [0.25, 0.3) is 0 Å². The highest BCUT2D eigenvalue weighted by atomic mass is 16.1. The molecule has 0 unspecified atom stereocenters. The lowest BCUT2D eigenvalue weighted by Crippen LogP contribution is -3.06. The zero-order valence-electron chi connectivity index (χ0n) is 9.73. The summed E-state index contributed by atoms with van der Waals surface area (Å²) in [6, 6.07) is 8.04. The van der Waals surface area contributed by atoms with E-state index in [1.165, 1.54) is 4.90 Å². The van der Waals surface area contributed by atoms with Crippen LogP contribution < -0.4 is 4.90 Å². The Morgan fingerprint density at radius 2 is 2.06 bits per heavy atom. The van der Waals surface area contributed by atoms with Gasteiger partial charge in [-0.25, -0.2) is 0 Å². The van der Waals surface area contributed by atoms with Crippen LogP contribution in [0.4, 0.5) is 0 Å². The molecule has 3 nitrogen and oxygen atoms in total. The average Bonchev–Trinajstić information content (AvgIpc) is 2.65. The molecule has 0 amide bonds. The largest absolute Gasteiger partial charge is 0.341 e. The van der Waals surface area contributed by atoms with Gasteiger partial charge in [0, 0.05) is 22.7 Å². The van der Waals surface area contributed by atoms with Crippen molar-refractivity contribution in [1.29, 1.82) is 0 Å². The van der Waals surface area contributed by atoms with Crippen LogP contribution in [-0.2, 0) is 6.54 Å². The molecule has 0 aliphatic rings. The van der Waals surface area contributed by atoms with Gasteiger partial charge in [0.1, 0.15) is 0 Å². The van der Waals surface area contributed by atoms with Crippen LogP contribution in [0.25, 0.3) is 10.9 Å². The Balaban J connectivity index is 2.41. The summed E-state index contributed by atoms with van der Waals surface area (Å²) in [5.74, 6) is 0. The van der Waals surface area contributed by atoms with E-state index in [0.717, 1.165) is 35.8 Å². The molecule has 0 aliphatic carbocycles. The number of carbonyl (C=O) groups excluding carboxylic acids is 1. The van der Waals surface area contributed by atoms with Gasteiger partial charge in [0.15, 0.2) is 6.29 Å². The summed E-state index contributed by atoms with van der Waals surface area (Å²) in [5.41, 5.74) is 1.93. The fourth-order valence-electron chi connectivity index (χ4n) is 1.90. The summed E-state index contributed by atoms with van der Waals surface area (Å²) in [6.07, 6.45) is 2.88. The van der Waals surface area contributed by atoms with E-state index in [2.05, 4.69) is 24.7 Å². The maximum Gasteiger partial charge on any atom is 0.152 e. The summed E-state index contributed by atoms with van der Waals surface area (Å²) in [6.45, 7) is 1.99. The lowest BCUT2D eigenvalue weighted by atomic mass is 10.2. The van der Waals surface area contributed by atoms with E-state index >= 15 is 0 Å². The van der Waals surface area contributed by atoms with Crippen LogP contribution in [-0.4, -0.2) is 31.5 Å². The van der Waals surface area contributed by atoms with Crippen LogP contribution in [0, 0.1) is 0 Å². The van der Waals surface area contributed by atoms with Crippen LogP contribution >= 0.6 is 0 Å². The number of aromatic nitrogens is 1. The minimum Gasteiger partial charge on any atom is -0.341 e. The number of hydrogen-bond acceptors (Lipinski definition) is 1. The number of hydrogen-bond donors (Lipinski definition) is 1. The first-order valence-corrected chi connectivity index (χ1v) is 5.54. The van der Waals surface area contributed by atoms with Crippen molar-refractivity contribution in [2.75, 3.05) is 20.6 Å². The Hall–Kier alpha value is -1.61. The van der Waals surface area contributed by atoms with Gasteiger partial charge in [-0.15, -0.1) is 0 Å². The highest BCUT2D eigenvalue weighted by molar-refractivity contribution is 5.97. The second-order valence-electron chi connectivity index (χ2n) is 4.37. The first-order chi connectivity index (χ1) is 7.72. The number of likely N-dealkylation sites (N-methyl/N-ethyl adjacent to an activating group) is 1. The zero-order chi connectivity index (χ0) is 11.5. The third kappa shape index (κ3) is 1.99. The van der Waals surface area contributed by atoms with Crippen LogP contribution in [0.3, 0.4) is 0 Å². The first-order valence-electron chi connectivity index (χ1n) is 5.54. The van der Waals surface area contributed by atoms with Crippen molar-refractivity contribution in [2.24, 2.45) is 0 Å². The Bertz CT molecular complexity index is 500. The maximum atomic E-state index is 11.0. The van der Waals surface area contributed by atoms with E-state index in [0.29, 0.717) is 0 Å². The Morgan fingerprint density at radius 1 is 1.31 bits per heavy atom. The van der Waals surface area contributed by atoms with Crippen molar-refractivity contribution in [3.05, 3.63) is 36.0 Å². The molecule has 0 radical (unpaired) electrons. The molecule has 0 fully saturated rings. The fraction of sp³-hybridized carbons (Fsp3) is 0.308. The van der Waals surface area contributed by atoms with E-state index in [1.54, 1.807) is 0 Å². The minimum absolute atomic E-state index is 0.782. The molecule has 0 spiro atoms. The topological polar surface area (TPSA) is 26.4 Å². The second-order valence-corrected chi connectivity index (χ2v) is 4.37. The molecule has 16 heavy (non-hydrogen) atoms. The van der Waals surface area contributed by atoms with E-state index in [4.69, 9.17) is 0 Å². The molecule has 1 heterocycles. The standard InChI is InChI=1S/C13H16N2O/c1-14(2)7-8-15-9-11(10-16)12-5-3-4-6-13(12)15/h3-6,9-10H,7-8H2,1-2H3/p+1. The van der Waals surface area contributed by atoms with E-state index in [9.17, 15) is 4.79 Å². The molecule has 0 aliphatic heterocycles. The molecular weight excluding hydrogens is 200 g/mol. The number of quaternary nitrogens is 1. The highest BCUT2D eigenvalue weighted by Crippen LogP contribution is 2.19. The number of benzene rings is 1. The number of fused-ring (bicyclic) bond motifs is 1. The van der Waals surface area contributed by atoms with E-state index in [-0.39, 0.29) is 0 Å². The van der Waals surface area contributed by atoms with E-state index in [1.807, 2.05) is 24.4 Å². The van der Waals surface area contributed by atoms with Crippen molar-refractivity contribution >= 4 is 17.2 Å². The third-order valence-electron chi connectivity index (χ3n) is 2.80. The Morgan fingerprint density at radius 3 is 2.75 bits per heavy atom. The summed E-state index contributed by atoms with van der Waals surface area (Å²) < 4.78 is 2.16. The molecule has 1 N–H and O–H groups in total. The van der Waals surface area contributed by atoms with Gasteiger partial charge in [-0.3, -0.25) is 4.79 Å². The molecule has 1 aromatic heterocycles. The van der Waals surface area contributed by atoms with Crippen LogP contribution in [0.15, 0.2) is 30.5 Å². The molecule has 1 aromatic carbocycles. The summed E-state index contributed by atoms with van der Waals surface area (Å²) in [5, 5.41) is 1.05. The number of rotatable bonds is 4. The predicted octanol–water partition coefficient (Wildman–Crippen LogP) is 0.598. The molecule has 0 saturated heterocycles. The monoisotopic (exact) mass is 217 g/mol. The van der Waals surface area contributed by atoms with Crippen molar-refractivity contribution in [2.45, 2.75) is 6.54 Å². The SMILES string of the molecule is C[NH+](C)CCn1cc(C=O)c2ccccc21.